The van der Waals surface area contributed by atoms with Crippen molar-refractivity contribution in [2.24, 2.45) is 5.92 Å². The van der Waals surface area contributed by atoms with Gasteiger partial charge in [-0.2, -0.15) is 0 Å². The molecule has 0 N–H and O–H groups in total. The molecule has 0 aliphatic heterocycles. The fourth-order valence-corrected chi connectivity index (χ4v) is 1.27. The van der Waals surface area contributed by atoms with Crippen molar-refractivity contribution in [1.29, 1.82) is 0 Å². The Balaban J connectivity index is 2.82. The molecule has 0 spiro atoms. The molecule has 0 bridgehead atoms. The Morgan fingerprint density at radius 3 is 2.86 bits per heavy atom. The number of nitrogens with zero attached hydrogens (tertiary/aromatic N) is 1. The zero-order valence-electron chi connectivity index (χ0n) is 7.75. The second-order valence-corrected chi connectivity index (χ2v) is 3.13. The number of aldehydes is 1. The minimum atomic E-state index is -0.475. The lowest BCUT2D eigenvalue weighted by atomic mass is 9.93. The van der Waals surface area contributed by atoms with Crippen LogP contribution in [-0.2, 0) is 4.79 Å². The highest BCUT2D eigenvalue weighted by atomic mass is 16.6. The molecule has 76 valence electrons. The molecule has 5 heteroatoms. The highest BCUT2D eigenvalue weighted by Crippen LogP contribution is 2.23. The maximum absolute atomic E-state index is 10.6. The van der Waals surface area contributed by atoms with Gasteiger partial charge in [0.15, 0.2) is 0 Å². The second-order valence-electron chi connectivity index (χ2n) is 3.13. The molecule has 5 nitrogen and oxygen atoms in total. The van der Waals surface area contributed by atoms with E-state index in [2.05, 4.69) is 0 Å². The van der Waals surface area contributed by atoms with E-state index in [0.29, 0.717) is 12.0 Å². The predicted molar refractivity (Wildman–Crippen MR) is 48.5 cm³/mol. The number of carbonyl (C=O) groups is 1. The summed E-state index contributed by atoms with van der Waals surface area (Å²) in [5.74, 6) is -0.398. The van der Waals surface area contributed by atoms with Gasteiger partial charge >= 0.3 is 0 Å². The molecule has 2 unspecified atom stereocenters. The molecule has 0 saturated heterocycles. The van der Waals surface area contributed by atoms with Crippen LogP contribution < -0.4 is 0 Å². The average Bonchev–Trinajstić information content (AvgIpc) is 2.65. The second kappa shape index (κ2) is 4.55. The zero-order valence-corrected chi connectivity index (χ0v) is 7.75. The van der Waals surface area contributed by atoms with E-state index >= 15 is 0 Å². The van der Waals surface area contributed by atoms with Crippen LogP contribution in [0.25, 0.3) is 0 Å². The van der Waals surface area contributed by atoms with Gasteiger partial charge in [0, 0.05) is 10.8 Å². The minimum Gasteiger partial charge on any atom is -0.469 e. The van der Waals surface area contributed by atoms with E-state index in [0.717, 1.165) is 0 Å². The molecule has 0 saturated carbocycles. The Morgan fingerprint density at radius 1 is 1.71 bits per heavy atom. The van der Waals surface area contributed by atoms with Crippen LogP contribution >= 0.6 is 0 Å². The summed E-state index contributed by atoms with van der Waals surface area (Å²) < 4.78 is 5.06. The zero-order chi connectivity index (χ0) is 10.6. The summed E-state index contributed by atoms with van der Waals surface area (Å²) in [6, 6.07) is 3.30. The molecule has 0 radical (unpaired) electrons. The first-order valence-corrected chi connectivity index (χ1v) is 4.25. The summed E-state index contributed by atoms with van der Waals surface area (Å²) in [4.78, 5) is 20.5. The third kappa shape index (κ3) is 2.42. The van der Waals surface area contributed by atoms with Crippen molar-refractivity contribution in [1.82, 2.24) is 0 Å². The van der Waals surface area contributed by atoms with Gasteiger partial charge in [0.2, 0.25) is 6.54 Å². The van der Waals surface area contributed by atoms with Crippen LogP contribution in [0.1, 0.15) is 18.6 Å². The van der Waals surface area contributed by atoms with Gasteiger partial charge in [-0.05, 0) is 12.1 Å². The number of hydrogen-bond donors (Lipinski definition) is 0. The third-order valence-corrected chi connectivity index (χ3v) is 2.10. The molecule has 0 aliphatic carbocycles. The summed E-state index contributed by atoms with van der Waals surface area (Å²) in [5, 5.41) is 10.4. The van der Waals surface area contributed by atoms with Gasteiger partial charge in [-0.1, -0.05) is 6.92 Å². The lowest BCUT2D eigenvalue weighted by Gasteiger charge is -2.12. The molecular formula is C9H11NO4. The molecule has 0 fully saturated rings. The SMILES string of the molecule is CC(C=O)C(C[N+](=O)[O-])c1ccco1. The average molecular weight is 197 g/mol. The summed E-state index contributed by atoms with van der Waals surface area (Å²) in [7, 11) is 0. The smallest absolute Gasteiger partial charge is 0.214 e. The molecule has 1 heterocycles. The molecular weight excluding hydrogens is 186 g/mol. The topological polar surface area (TPSA) is 73.3 Å². The summed E-state index contributed by atoms with van der Waals surface area (Å²) in [6.07, 6.45) is 2.15. The van der Waals surface area contributed by atoms with Crippen LogP contribution in [0.5, 0.6) is 0 Å². The maximum atomic E-state index is 10.6. The van der Waals surface area contributed by atoms with E-state index in [-0.39, 0.29) is 6.54 Å². The van der Waals surface area contributed by atoms with Gasteiger partial charge in [0.1, 0.15) is 12.0 Å². The van der Waals surface area contributed by atoms with Crippen molar-refractivity contribution in [3.63, 3.8) is 0 Å². The Morgan fingerprint density at radius 2 is 2.43 bits per heavy atom. The van der Waals surface area contributed by atoms with Crippen molar-refractivity contribution in [2.75, 3.05) is 6.54 Å². The Labute approximate surface area is 80.9 Å². The van der Waals surface area contributed by atoms with E-state index in [1.165, 1.54) is 6.26 Å². The van der Waals surface area contributed by atoms with Crippen LogP contribution in [0.3, 0.4) is 0 Å². The van der Waals surface area contributed by atoms with Gasteiger partial charge < -0.3 is 9.21 Å². The van der Waals surface area contributed by atoms with Crippen molar-refractivity contribution < 1.29 is 14.1 Å². The minimum absolute atomic E-state index is 0.284. The van der Waals surface area contributed by atoms with Crippen LogP contribution in [0.15, 0.2) is 22.8 Å². The molecule has 0 amide bonds. The monoisotopic (exact) mass is 197 g/mol. The normalized spacial score (nSPS) is 14.6. The van der Waals surface area contributed by atoms with Gasteiger partial charge in [-0.25, -0.2) is 0 Å². The first kappa shape index (κ1) is 10.4. The highest BCUT2D eigenvalue weighted by Gasteiger charge is 2.26. The number of nitro groups is 1. The fraction of sp³-hybridized carbons (Fsp3) is 0.444. The number of carbonyl (C=O) groups excluding carboxylic acids is 1. The maximum Gasteiger partial charge on any atom is 0.214 e. The lowest BCUT2D eigenvalue weighted by molar-refractivity contribution is -0.484. The molecule has 1 aromatic heterocycles. The lowest BCUT2D eigenvalue weighted by Crippen LogP contribution is -2.19. The molecule has 0 aliphatic rings. The van der Waals surface area contributed by atoms with Crippen LogP contribution in [0, 0.1) is 16.0 Å². The standard InChI is InChI=1S/C9H11NO4/c1-7(6-11)8(5-10(12)13)9-3-2-4-14-9/h2-4,6-8H,5H2,1H3. The van der Waals surface area contributed by atoms with Crippen molar-refractivity contribution in [2.45, 2.75) is 12.8 Å². The first-order valence-electron chi connectivity index (χ1n) is 4.25. The van der Waals surface area contributed by atoms with Crippen molar-refractivity contribution >= 4 is 6.29 Å². The van der Waals surface area contributed by atoms with Crippen molar-refractivity contribution in [3.8, 4) is 0 Å². The molecule has 1 rings (SSSR count). The molecule has 14 heavy (non-hydrogen) atoms. The van der Waals surface area contributed by atoms with Gasteiger partial charge in [-0.3, -0.25) is 10.1 Å². The Hall–Kier alpha value is -1.65. The van der Waals surface area contributed by atoms with Crippen LogP contribution in [-0.4, -0.2) is 17.8 Å². The van der Waals surface area contributed by atoms with E-state index in [9.17, 15) is 14.9 Å². The third-order valence-electron chi connectivity index (χ3n) is 2.10. The van der Waals surface area contributed by atoms with Gasteiger partial charge in [-0.15, -0.1) is 0 Å². The van der Waals surface area contributed by atoms with Gasteiger partial charge in [0.25, 0.3) is 0 Å². The predicted octanol–water partition coefficient (Wildman–Crippen LogP) is 1.47. The van der Waals surface area contributed by atoms with E-state index < -0.39 is 16.8 Å². The number of hydrogen-bond acceptors (Lipinski definition) is 4. The number of furan rings is 1. The van der Waals surface area contributed by atoms with E-state index in [1.807, 2.05) is 0 Å². The van der Waals surface area contributed by atoms with E-state index in [4.69, 9.17) is 4.42 Å². The molecule has 1 aromatic rings. The van der Waals surface area contributed by atoms with Gasteiger partial charge in [0.05, 0.1) is 12.2 Å². The molecule has 0 aromatic carbocycles. The summed E-state index contributed by atoms with van der Waals surface area (Å²) >= 11 is 0. The number of rotatable bonds is 5. The summed E-state index contributed by atoms with van der Waals surface area (Å²) in [5.41, 5.74) is 0. The fourth-order valence-electron chi connectivity index (χ4n) is 1.27. The van der Waals surface area contributed by atoms with Crippen LogP contribution in [0.4, 0.5) is 0 Å². The van der Waals surface area contributed by atoms with Crippen molar-refractivity contribution in [3.05, 3.63) is 34.3 Å². The highest BCUT2D eigenvalue weighted by molar-refractivity contribution is 5.54. The van der Waals surface area contributed by atoms with Crippen LogP contribution in [0.2, 0.25) is 0 Å². The molecule has 2 atom stereocenters. The quantitative estimate of drug-likeness (QED) is 0.407. The largest absolute Gasteiger partial charge is 0.469 e. The van der Waals surface area contributed by atoms with E-state index in [1.54, 1.807) is 19.1 Å². The first-order chi connectivity index (χ1) is 6.65. The summed E-state index contributed by atoms with van der Waals surface area (Å²) in [6.45, 7) is 1.36. The Bertz CT molecular complexity index is 307. The Kier molecular flexibility index (Phi) is 3.39.